The first kappa shape index (κ1) is 15.7. The van der Waals surface area contributed by atoms with Crippen molar-refractivity contribution in [3.05, 3.63) is 64.8 Å². The summed E-state index contributed by atoms with van der Waals surface area (Å²) < 4.78 is 0. The van der Waals surface area contributed by atoms with Crippen molar-refractivity contribution in [2.75, 3.05) is 0 Å². The second-order valence-corrected chi connectivity index (χ2v) is 5.58. The molecule has 0 atom stereocenters. The average molecular weight is 322 g/mol. The van der Waals surface area contributed by atoms with Gasteiger partial charge in [-0.05, 0) is 43.2 Å². The van der Waals surface area contributed by atoms with Crippen LogP contribution in [0.5, 0.6) is 0 Å². The van der Waals surface area contributed by atoms with E-state index in [1.165, 1.54) is 0 Å². The number of nitrogens with one attached hydrogen (secondary N) is 3. The van der Waals surface area contributed by atoms with Crippen LogP contribution in [0, 0.1) is 6.92 Å². The normalized spacial score (nSPS) is 10.6. The maximum Gasteiger partial charge on any atom is 0.290 e. The van der Waals surface area contributed by atoms with Gasteiger partial charge >= 0.3 is 0 Å². The van der Waals surface area contributed by atoms with Gasteiger partial charge in [-0.1, -0.05) is 30.7 Å². The lowest BCUT2D eigenvalue weighted by molar-refractivity contribution is 0.0845. The number of benzene rings is 2. The Labute approximate surface area is 139 Å². The van der Waals surface area contributed by atoms with Gasteiger partial charge in [0.2, 0.25) is 0 Å². The molecular formula is C18H18N4O2. The summed E-state index contributed by atoms with van der Waals surface area (Å²) in [6.07, 6.45) is 0.907. The van der Waals surface area contributed by atoms with Crippen molar-refractivity contribution in [1.29, 1.82) is 0 Å². The molecule has 0 fully saturated rings. The molecule has 6 heteroatoms. The number of nitrogens with zero attached hydrogens (tertiary/aromatic N) is 1. The van der Waals surface area contributed by atoms with Crippen LogP contribution in [-0.4, -0.2) is 22.0 Å². The zero-order valence-electron chi connectivity index (χ0n) is 13.5. The highest BCUT2D eigenvalue weighted by Crippen LogP contribution is 2.17. The van der Waals surface area contributed by atoms with Crippen LogP contribution in [0.3, 0.4) is 0 Å². The highest BCUT2D eigenvalue weighted by molar-refractivity contribution is 6.06. The highest BCUT2D eigenvalue weighted by Gasteiger charge is 2.15. The number of fused-ring (bicyclic) bond motifs is 1. The Morgan fingerprint density at radius 1 is 1.04 bits per heavy atom. The van der Waals surface area contributed by atoms with Crippen LogP contribution in [0.4, 0.5) is 0 Å². The molecule has 0 unspecified atom stereocenters. The summed E-state index contributed by atoms with van der Waals surface area (Å²) in [5.74, 6) is -0.840. The summed E-state index contributed by atoms with van der Waals surface area (Å²) in [6.45, 7) is 3.99. The Morgan fingerprint density at radius 2 is 1.75 bits per heavy atom. The van der Waals surface area contributed by atoms with E-state index in [0.717, 1.165) is 23.1 Å². The van der Waals surface area contributed by atoms with Crippen LogP contribution in [0.25, 0.3) is 10.9 Å². The zero-order valence-corrected chi connectivity index (χ0v) is 13.5. The van der Waals surface area contributed by atoms with Crippen molar-refractivity contribution in [3.63, 3.8) is 0 Å². The summed E-state index contributed by atoms with van der Waals surface area (Å²) in [4.78, 5) is 24.3. The second-order valence-electron chi connectivity index (χ2n) is 5.58. The van der Waals surface area contributed by atoms with Crippen molar-refractivity contribution in [1.82, 2.24) is 21.0 Å². The molecule has 0 saturated carbocycles. The van der Waals surface area contributed by atoms with Gasteiger partial charge in [-0.25, -0.2) is 0 Å². The van der Waals surface area contributed by atoms with Crippen molar-refractivity contribution in [2.45, 2.75) is 20.3 Å². The first-order chi connectivity index (χ1) is 11.6. The minimum absolute atomic E-state index is 0.246. The molecule has 6 nitrogen and oxygen atoms in total. The molecule has 1 aromatic heterocycles. The number of aryl methyl sites for hydroxylation is 2. The van der Waals surface area contributed by atoms with Crippen LogP contribution in [0.15, 0.2) is 42.5 Å². The van der Waals surface area contributed by atoms with Gasteiger partial charge < -0.3 is 0 Å². The van der Waals surface area contributed by atoms with E-state index in [1.807, 2.05) is 44.2 Å². The quantitative estimate of drug-likeness (QED) is 0.648. The third-order valence-corrected chi connectivity index (χ3v) is 3.85. The van der Waals surface area contributed by atoms with Gasteiger partial charge in [0.25, 0.3) is 11.8 Å². The Balaban J connectivity index is 1.70. The van der Waals surface area contributed by atoms with Gasteiger partial charge in [0.1, 0.15) is 0 Å². The van der Waals surface area contributed by atoms with E-state index in [2.05, 4.69) is 21.0 Å². The number of aromatic amines is 1. The summed E-state index contributed by atoms with van der Waals surface area (Å²) in [7, 11) is 0. The van der Waals surface area contributed by atoms with Crippen molar-refractivity contribution < 1.29 is 9.59 Å². The lowest BCUT2D eigenvalue weighted by Crippen LogP contribution is -2.41. The monoisotopic (exact) mass is 322 g/mol. The molecule has 0 aliphatic heterocycles. The SMILES string of the molecule is CCc1ccc(C(=O)NNC(=O)c2n[nH]c3ccc(C)cc23)cc1. The van der Waals surface area contributed by atoms with Crippen LogP contribution in [0.1, 0.15) is 38.9 Å². The molecule has 3 rings (SSSR count). The number of aromatic nitrogens is 2. The van der Waals surface area contributed by atoms with Crippen LogP contribution in [-0.2, 0) is 6.42 Å². The fourth-order valence-electron chi connectivity index (χ4n) is 2.44. The van der Waals surface area contributed by atoms with E-state index in [4.69, 9.17) is 0 Å². The van der Waals surface area contributed by atoms with E-state index in [-0.39, 0.29) is 11.6 Å². The number of hydrazine groups is 1. The topological polar surface area (TPSA) is 86.9 Å². The molecule has 0 spiro atoms. The summed E-state index contributed by atoms with van der Waals surface area (Å²) in [5, 5.41) is 7.54. The van der Waals surface area contributed by atoms with E-state index in [0.29, 0.717) is 10.9 Å². The van der Waals surface area contributed by atoms with Crippen LogP contribution >= 0.6 is 0 Å². The molecule has 0 bridgehead atoms. The fourth-order valence-corrected chi connectivity index (χ4v) is 2.44. The van der Waals surface area contributed by atoms with Gasteiger partial charge in [-0.2, -0.15) is 5.10 Å². The van der Waals surface area contributed by atoms with Gasteiger partial charge in [-0.3, -0.25) is 25.5 Å². The largest absolute Gasteiger partial charge is 0.290 e. The molecular weight excluding hydrogens is 304 g/mol. The molecule has 0 aliphatic carbocycles. The molecule has 24 heavy (non-hydrogen) atoms. The minimum Gasteiger partial charge on any atom is -0.277 e. The van der Waals surface area contributed by atoms with Crippen molar-refractivity contribution in [3.8, 4) is 0 Å². The molecule has 3 N–H and O–H groups in total. The number of hydrogen-bond donors (Lipinski definition) is 3. The number of H-pyrrole nitrogens is 1. The molecule has 122 valence electrons. The van der Waals surface area contributed by atoms with Crippen LogP contribution in [0.2, 0.25) is 0 Å². The summed E-state index contributed by atoms with van der Waals surface area (Å²) in [5.41, 5.74) is 8.49. The number of hydrogen-bond acceptors (Lipinski definition) is 3. The minimum atomic E-state index is -0.467. The maximum atomic E-state index is 12.3. The van der Waals surface area contributed by atoms with Gasteiger partial charge in [-0.15, -0.1) is 0 Å². The standard InChI is InChI=1S/C18H18N4O2/c1-3-12-5-7-13(8-6-12)17(23)21-22-18(24)16-14-10-11(2)4-9-15(14)19-20-16/h4-10H,3H2,1-2H3,(H,19,20)(H,21,23)(H,22,24). The predicted molar refractivity (Wildman–Crippen MR) is 91.6 cm³/mol. The number of rotatable bonds is 3. The molecule has 1 heterocycles. The molecule has 3 aromatic rings. The maximum absolute atomic E-state index is 12.3. The summed E-state index contributed by atoms with van der Waals surface area (Å²) in [6, 6.07) is 12.9. The van der Waals surface area contributed by atoms with Gasteiger partial charge in [0.15, 0.2) is 5.69 Å². The number of carbonyl (C=O) groups is 2. The fraction of sp³-hybridized carbons (Fsp3) is 0.167. The Morgan fingerprint density at radius 3 is 2.46 bits per heavy atom. The average Bonchev–Trinajstić information content (AvgIpc) is 3.02. The van der Waals surface area contributed by atoms with E-state index in [1.54, 1.807) is 12.1 Å². The first-order valence-corrected chi connectivity index (χ1v) is 7.73. The van der Waals surface area contributed by atoms with Gasteiger partial charge in [0.05, 0.1) is 5.52 Å². The second kappa shape index (κ2) is 6.54. The smallest absolute Gasteiger partial charge is 0.277 e. The molecule has 0 aliphatic rings. The van der Waals surface area contributed by atoms with Crippen LogP contribution < -0.4 is 10.9 Å². The summed E-state index contributed by atoms with van der Waals surface area (Å²) >= 11 is 0. The number of amides is 2. The van der Waals surface area contributed by atoms with E-state index in [9.17, 15) is 9.59 Å². The molecule has 0 radical (unpaired) electrons. The van der Waals surface area contributed by atoms with Crippen molar-refractivity contribution in [2.24, 2.45) is 0 Å². The Bertz CT molecular complexity index is 897. The molecule has 0 saturated heterocycles. The zero-order chi connectivity index (χ0) is 17.1. The third-order valence-electron chi connectivity index (χ3n) is 3.85. The van der Waals surface area contributed by atoms with E-state index >= 15 is 0 Å². The van der Waals surface area contributed by atoms with Crippen molar-refractivity contribution >= 4 is 22.7 Å². The predicted octanol–water partition coefficient (Wildman–Crippen LogP) is 2.51. The highest BCUT2D eigenvalue weighted by atomic mass is 16.2. The Kier molecular flexibility index (Phi) is 4.29. The molecule has 2 aromatic carbocycles. The van der Waals surface area contributed by atoms with E-state index < -0.39 is 5.91 Å². The van der Waals surface area contributed by atoms with Gasteiger partial charge in [0, 0.05) is 10.9 Å². The third kappa shape index (κ3) is 3.12. The molecule has 2 amide bonds. The Hall–Kier alpha value is -3.15. The lowest BCUT2D eigenvalue weighted by Gasteiger charge is -2.07. The number of carbonyl (C=O) groups excluding carboxylic acids is 2. The lowest BCUT2D eigenvalue weighted by atomic mass is 10.1. The first-order valence-electron chi connectivity index (χ1n) is 7.73.